The third-order valence-electron chi connectivity index (χ3n) is 1.49. The maximum absolute atomic E-state index is 10.6. The van der Waals surface area contributed by atoms with Crippen LogP contribution in [0.4, 0.5) is 4.70 Å². The van der Waals surface area contributed by atoms with Gasteiger partial charge >= 0.3 is 5.97 Å². The Morgan fingerprint density at radius 1 is 1.47 bits per heavy atom. The van der Waals surface area contributed by atoms with Crippen molar-refractivity contribution in [3.63, 3.8) is 0 Å². The summed E-state index contributed by atoms with van der Waals surface area (Å²) in [5.74, 6) is 0.665. The molecule has 0 aliphatic rings. The van der Waals surface area contributed by atoms with Crippen LogP contribution < -0.4 is 11.5 Å². The van der Waals surface area contributed by atoms with E-state index in [1.54, 1.807) is 6.92 Å². The Labute approximate surface area is 117 Å². The molecule has 0 radical (unpaired) electrons. The maximum Gasteiger partial charge on any atom is 0.324 e. The molecule has 0 unspecified atom stereocenters. The standard InChI is InChI=1S/C8H17N3O2S.2ClH.FH/c1-6(9)11-3-4-14-5-8(2,10)7(12)13;;;/h3-5,10H2,1-2H3,(H2,9,11)(H,12,13);3*1H/t8-;;;/m0.../s1. The van der Waals surface area contributed by atoms with E-state index in [9.17, 15) is 4.79 Å². The zero-order chi connectivity index (χ0) is 11.2. The molecule has 0 bridgehead atoms. The molecule has 0 heterocycles. The van der Waals surface area contributed by atoms with E-state index in [0.29, 0.717) is 18.1 Å². The topological polar surface area (TPSA) is 102 Å². The number of aliphatic imine (C=N–C) groups is 1. The Morgan fingerprint density at radius 3 is 2.29 bits per heavy atom. The molecular formula is C8H20Cl2FN3O2S. The zero-order valence-corrected chi connectivity index (χ0v) is 12.2. The molecule has 0 aliphatic heterocycles. The Balaban J connectivity index is -0.000000282. The summed E-state index contributed by atoms with van der Waals surface area (Å²) in [7, 11) is 0. The number of nitrogens with zero attached hydrogens (tertiary/aromatic N) is 1. The van der Waals surface area contributed by atoms with E-state index >= 15 is 0 Å². The second-order valence-electron chi connectivity index (χ2n) is 3.30. The van der Waals surface area contributed by atoms with Crippen LogP contribution in [-0.2, 0) is 4.79 Å². The summed E-state index contributed by atoms with van der Waals surface area (Å²) in [6.45, 7) is 3.82. The van der Waals surface area contributed by atoms with E-state index < -0.39 is 11.5 Å². The highest BCUT2D eigenvalue weighted by Gasteiger charge is 2.27. The molecule has 0 aromatic rings. The number of carbonyl (C=O) groups is 1. The van der Waals surface area contributed by atoms with E-state index in [4.69, 9.17) is 16.6 Å². The molecule has 17 heavy (non-hydrogen) atoms. The monoisotopic (exact) mass is 311 g/mol. The predicted octanol–water partition coefficient (Wildman–Crippen LogP) is 0.895. The van der Waals surface area contributed by atoms with Gasteiger partial charge in [-0.15, -0.1) is 24.8 Å². The number of rotatable bonds is 6. The summed E-state index contributed by atoms with van der Waals surface area (Å²) in [6, 6.07) is 0. The van der Waals surface area contributed by atoms with Crippen LogP contribution in [0.15, 0.2) is 4.99 Å². The average molecular weight is 312 g/mol. The molecule has 0 saturated heterocycles. The van der Waals surface area contributed by atoms with Crippen LogP contribution in [0.1, 0.15) is 13.8 Å². The van der Waals surface area contributed by atoms with Gasteiger partial charge in [-0.3, -0.25) is 14.5 Å². The molecule has 9 heteroatoms. The molecule has 0 rings (SSSR count). The van der Waals surface area contributed by atoms with Crippen LogP contribution >= 0.6 is 36.6 Å². The van der Waals surface area contributed by atoms with E-state index in [2.05, 4.69) is 4.99 Å². The number of carboxylic acid groups (broad SMARTS) is 1. The Kier molecular flexibility index (Phi) is 18.4. The van der Waals surface area contributed by atoms with Crippen molar-refractivity contribution in [2.45, 2.75) is 19.4 Å². The van der Waals surface area contributed by atoms with Gasteiger partial charge in [0.1, 0.15) is 5.54 Å². The number of hydrogen-bond acceptors (Lipinski definition) is 4. The lowest BCUT2D eigenvalue weighted by atomic mass is 10.1. The number of nitrogens with two attached hydrogens (primary N) is 2. The largest absolute Gasteiger partial charge is 0.480 e. The number of aliphatic carboxylic acids is 1. The van der Waals surface area contributed by atoms with E-state index in [1.165, 1.54) is 18.7 Å². The molecule has 5 N–H and O–H groups in total. The summed E-state index contributed by atoms with van der Waals surface area (Å²) >= 11 is 1.46. The molecule has 0 aliphatic carbocycles. The number of carboxylic acids is 1. The van der Waals surface area contributed by atoms with Gasteiger partial charge in [-0.05, 0) is 13.8 Å². The smallest absolute Gasteiger partial charge is 0.324 e. The first-order chi connectivity index (χ1) is 6.36. The van der Waals surface area contributed by atoms with Gasteiger partial charge < -0.3 is 16.6 Å². The minimum Gasteiger partial charge on any atom is -0.480 e. The molecule has 0 amide bonds. The van der Waals surface area contributed by atoms with Crippen molar-refractivity contribution in [1.82, 2.24) is 0 Å². The van der Waals surface area contributed by atoms with Gasteiger partial charge in [0, 0.05) is 18.1 Å². The van der Waals surface area contributed by atoms with Gasteiger partial charge in [-0.2, -0.15) is 11.8 Å². The molecule has 106 valence electrons. The second-order valence-corrected chi connectivity index (χ2v) is 4.40. The highest BCUT2D eigenvalue weighted by molar-refractivity contribution is 7.99. The van der Waals surface area contributed by atoms with Crippen LogP contribution in [0.25, 0.3) is 0 Å². The molecule has 0 spiro atoms. The fraction of sp³-hybridized carbons (Fsp3) is 0.750. The number of hydrogen-bond donors (Lipinski definition) is 3. The normalized spacial score (nSPS) is 13.5. The third kappa shape index (κ3) is 13.7. The minimum absolute atomic E-state index is 0. The average Bonchev–Trinajstić information content (AvgIpc) is 2.02. The predicted molar refractivity (Wildman–Crippen MR) is 76.7 cm³/mol. The second kappa shape index (κ2) is 12.2. The highest BCUT2D eigenvalue weighted by Crippen LogP contribution is 2.10. The van der Waals surface area contributed by atoms with Gasteiger partial charge in [-0.25, -0.2) is 0 Å². The van der Waals surface area contributed by atoms with Gasteiger partial charge in [0.25, 0.3) is 0 Å². The van der Waals surface area contributed by atoms with E-state index in [1.807, 2.05) is 0 Å². The van der Waals surface area contributed by atoms with Gasteiger partial charge in [0.2, 0.25) is 0 Å². The first-order valence-electron chi connectivity index (χ1n) is 4.23. The number of amidine groups is 1. The summed E-state index contributed by atoms with van der Waals surface area (Å²) < 4.78 is 0. The van der Waals surface area contributed by atoms with Crippen molar-refractivity contribution in [2.24, 2.45) is 16.5 Å². The number of halogens is 3. The third-order valence-corrected chi connectivity index (χ3v) is 2.76. The van der Waals surface area contributed by atoms with Crippen LogP contribution in [-0.4, -0.2) is 40.5 Å². The Morgan fingerprint density at radius 2 is 1.94 bits per heavy atom. The summed E-state index contributed by atoms with van der Waals surface area (Å²) in [5, 5.41) is 8.70. The summed E-state index contributed by atoms with van der Waals surface area (Å²) in [5.41, 5.74) is 9.69. The van der Waals surface area contributed by atoms with Gasteiger partial charge in [0.15, 0.2) is 0 Å². The summed E-state index contributed by atoms with van der Waals surface area (Å²) in [4.78, 5) is 14.6. The minimum atomic E-state index is -1.16. The SMILES string of the molecule is CC(N)=NCCSC[C@](C)(N)C(=O)O.Cl.Cl.F. The zero-order valence-electron chi connectivity index (χ0n) is 9.71. The molecular weight excluding hydrogens is 292 g/mol. The maximum atomic E-state index is 10.6. The van der Waals surface area contributed by atoms with E-state index in [-0.39, 0.29) is 29.5 Å². The van der Waals surface area contributed by atoms with Crippen molar-refractivity contribution in [1.29, 1.82) is 0 Å². The van der Waals surface area contributed by atoms with Crippen molar-refractivity contribution in [3.8, 4) is 0 Å². The molecule has 1 atom stereocenters. The van der Waals surface area contributed by atoms with Crippen molar-refractivity contribution >= 4 is 48.4 Å². The molecule has 0 fully saturated rings. The van der Waals surface area contributed by atoms with Crippen LogP contribution in [0.2, 0.25) is 0 Å². The van der Waals surface area contributed by atoms with E-state index in [0.717, 1.165) is 5.75 Å². The quantitative estimate of drug-likeness (QED) is 0.384. The molecule has 0 aromatic carbocycles. The fourth-order valence-corrected chi connectivity index (χ4v) is 1.54. The van der Waals surface area contributed by atoms with Crippen molar-refractivity contribution < 1.29 is 14.6 Å². The number of thioether (sulfide) groups is 1. The Bertz CT molecular complexity index is 239. The highest BCUT2D eigenvalue weighted by atomic mass is 35.5. The first-order valence-corrected chi connectivity index (χ1v) is 5.38. The van der Waals surface area contributed by atoms with Crippen LogP contribution in [0.5, 0.6) is 0 Å². The lowest BCUT2D eigenvalue weighted by Crippen LogP contribution is -2.47. The molecule has 0 aromatic heterocycles. The van der Waals surface area contributed by atoms with Gasteiger partial charge in [0.05, 0.1) is 5.84 Å². The summed E-state index contributed by atoms with van der Waals surface area (Å²) in [6.07, 6.45) is 0. The first kappa shape index (κ1) is 25.6. The molecule has 5 nitrogen and oxygen atoms in total. The van der Waals surface area contributed by atoms with Gasteiger partial charge in [-0.1, -0.05) is 0 Å². The van der Waals surface area contributed by atoms with Crippen molar-refractivity contribution in [2.75, 3.05) is 18.1 Å². The van der Waals surface area contributed by atoms with Crippen LogP contribution in [0.3, 0.4) is 0 Å². The fourth-order valence-electron chi connectivity index (χ4n) is 0.632. The molecule has 0 saturated carbocycles. The lowest BCUT2D eigenvalue weighted by molar-refractivity contribution is -0.141. The van der Waals surface area contributed by atoms with Crippen LogP contribution in [0, 0.1) is 0 Å². The van der Waals surface area contributed by atoms with Crippen molar-refractivity contribution in [3.05, 3.63) is 0 Å². The lowest BCUT2D eigenvalue weighted by Gasteiger charge is -2.17. The Hall–Kier alpha value is -0.240.